The molecule has 0 saturated carbocycles. The predicted octanol–water partition coefficient (Wildman–Crippen LogP) is 6.25. The zero-order chi connectivity index (χ0) is 16.9. The Kier molecular flexibility index (Phi) is 5.61. The lowest BCUT2D eigenvalue weighted by molar-refractivity contribution is 0.102. The number of rotatable bonds is 5. The van der Waals surface area contributed by atoms with Crippen LogP contribution in [0.4, 0.5) is 5.69 Å². The first kappa shape index (κ1) is 17.1. The summed E-state index contributed by atoms with van der Waals surface area (Å²) in [6, 6.07) is 17.3. The van der Waals surface area contributed by atoms with E-state index in [1.807, 2.05) is 49.4 Å². The molecule has 3 aromatic rings. The molecule has 1 amide bonds. The summed E-state index contributed by atoms with van der Waals surface area (Å²) in [6.45, 7) is 1.95. The van der Waals surface area contributed by atoms with E-state index in [2.05, 4.69) is 16.8 Å². The molecule has 0 bridgehead atoms. The SMILES string of the molecule is Cc1ccc(Cl)cc1NC(=O)c1ccccc1SCc1cccs1. The van der Waals surface area contributed by atoms with Crippen molar-refractivity contribution in [2.24, 2.45) is 0 Å². The third kappa shape index (κ3) is 4.20. The van der Waals surface area contributed by atoms with Gasteiger partial charge in [0.15, 0.2) is 0 Å². The van der Waals surface area contributed by atoms with E-state index in [0.29, 0.717) is 10.6 Å². The highest BCUT2D eigenvalue weighted by Crippen LogP contribution is 2.29. The maximum absolute atomic E-state index is 12.7. The number of thioether (sulfide) groups is 1. The standard InChI is InChI=1S/C19H16ClNOS2/c1-13-8-9-14(20)11-17(13)21-19(22)16-6-2-3-7-18(16)24-12-15-5-4-10-23-15/h2-11H,12H2,1H3,(H,21,22). The molecular weight excluding hydrogens is 358 g/mol. The van der Waals surface area contributed by atoms with Gasteiger partial charge < -0.3 is 5.32 Å². The predicted molar refractivity (Wildman–Crippen MR) is 104 cm³/mol. The van der Waals surface area contributed by atoms with Gasteiger partial charge in [0, 0.05) is 26.2 Å². The Morgan fingerprint density at radius 3 is 2.79 bits per heavy atom. The van der Waals surface area contributed by atoms with E-state index < -0.39 is 0 Å². The summed E-state index contributed by atoms with van der Waals surface area (Å²) in [4.78, 5) is 15.0. The van der Waals surface area contributed by atoms with Crippen LogP contribution in [0.1, 0.15) is 20.8 Å². The van der Waals surface area contributed by atoms with Crippen molar-refractivity contribution >= 4 is 46.3 Å². The van der Waals surface area contributed by atoms with E-state index in [0.717, 1.165) is 21.9 Å². The fraction of sp³-hybridized carbons (Fsp3) is 0.105. The molecule has 24 heavy (non-hydrogen) atoms. The second-order valence-corrected chi connectivity index (χ2v) is 7.76. The van der Waals surface area contributed by atoms with Crippen LogP contribution >= 0.6 is 34.7 Å². The van der Waals surface area contributed by atoms with Gasteiger partial charge in [0.25, 0.3) is 5.91 Å². The number of carbonyl (C=O) groups excluding carboxylic acids is 1. The van der Waals surface area contributed by atoms with E-state index in [1.54, 1.807) is 29.2 Å². The van der Waals surface area contributed by atoms with Crippen LogP contribution in [-0.4, -0.2) is 5.91 Å². The summed E-state index contributed by atoms with van der Waals surface area (Å²) in [5.41, 5.74) is 2.40. The fourth-order valence-corrected chi connectivity index (χ4v) is 4.24. The number of halogens is 1. The van der Waals surface area contributed by atoms with Crippen molar-refractivity contribution in [1.29, 1.82) is 0 Å². The van der Waals surface area contributed by atoms with Gasteiger partial charge in [-0.05, 0) is 48.2 Å². The number of hydrogen-bond acceptors (Lipinski definition) is 3. The molecule has 1 heterocycles. The van der Waals surface area contributed by atoms with E-state index in [9.17, 15) is 4.79 Å². The van der Waals surface area contributed by atoms with E-state index >= 15 is 0 Å². The van der Waals surface area contributed by atoms with Crippen LogP contribution in [0, 0.1) is 6.92 Å². The summed E-state index contributed by atoms with van der Waals surface area (Å²) in [7, 11) is 0. The van der Waals surface area contributed by atoms with Crippen molar-refractivity contribution in [3.8, 4) is 0 Å². The number of amides is 1. The highest BCUT2D eigenvalue weighted by molar-refractivity contribution is 7.98. The molecule has 0 radical (unpaired) electrons. The molecular formula is C19H16ClNOS2. The van der Waals surface area contributed by atoms with Gasteiger partial charge in [-0.3, -0.25) is 4.79 Å². The molecule has 0 atom stereocenters. The largest absolute Gasteiger partial charge is 0.322 e. The van der Waals surface area contributed by atoms with Gasteiger partial charge in [-0.15, -0.1) is 23.1 Å². The Balaban J connectivity index is 1.78. The highest BCUT2D eigenvalue weighted by atomic mass is 35.5. The maximum atomic E-state index is 12.7. The Bertz CT molecular complexity index is 846. The van der Waals surface area contributed by atoms with E-state index in [1.165, 1.54) is 4.88 Å². The molecule has 0 unspecified atom stereocenters. The molecule has 0 aliphatic carbocycles. The van der Waals surface area contributed by atoms with Gasteiger partial charge in [-0.25, -0.2) is 0 Å². The molecule has 0 fully saturated rings. The number of benzene rings is 2. The van der Waals surface area contributed by atoms with E-state index in [4.69, 9.17) is 11.6 Å². The van der Waals surface area contributed by atoms with Gasteiger partial charge in [-0.2, -0.15) is 0 Å². The van der Waals surface area contributed by atoms with Crippen molar-refractivity contribution in [2.45, 2.75) is 17.6 Å². The molecule has 122 valence electrons. The summed E-state index contributed by atoms with van der Waals surface area (Å²) in [6.07, 6.45) is 0. The Labute approximate surface area is 154 Å². The van der Waals surface area contributed by atoms with Crippen molar-refractivity contribution in [2.75, 3.05) is 5.32 Å². The third-order valence-electron chi connectivity index (χ3n) is 3.53. The normalized spacial score (nSPS) is 10.6. The lowest BCUT2D eigenvalue weighted by Crippen LogP contribution is -2.13. The van der Waals surface area contributed by atoms with Crippen LogP contribution in [-0.2, 0) is 5.75 Å². The average molecular weight is 374 g/mol. The molecule has 3 rings (SSSR count). The minimum Gasteiger partial charge on any atom is -0.322 e. The molecule has 1 N–H and O–H groups in total. The molecule has 2 aromatic carbocycles. The highest BCUT2D eigenvalue weighted by Gasteiger charge is 2.13. The van der Waals surface area contributed by atoms with Crippen LogP contribution in [0.5, 0.6) is 0 Å². The quantitative estimate of drug-likeness (QED) is 0.535. The Morgan fingerprint density at radius 2 is 2.00 bits per heavy atom. The minimum absolute atomic E-state index is 0.116. The van der Waals surface area contributed by atoms with Crippen molar-refractivity contribution in [1.82, 2.24) is 0 Å². The van der Waals surface area contributed by atoms with Crippen LogP contribution in [0.2, 0.25) is 5.02 Å². The van der Waals surface area contributed by atoms with Gasteiger partial charge in [0.05, 0.1) is 5.56 Å². The maximum Gasteiger partial charge on any atom is 0.256 e. The summed E-state index contributed by atoms with van der Waals surface area (Å²) < 4.78 is 0. The van der Waals surface area contributed by atoms with E-state index in [-0.39, 0.29) is 5.91 Å². The van der Waals surface area contributed by atoms with Crippen LogP contribution in [0.3, 0.4) is 0 Å². The molecule has 2 nitrogen and oxygen atoms in total. The number of anilines is 1. The smallest absolute Gasteiger partial charge is 0.256 e. The summed E-state index contributed by atoms with van der Waals surface area (Å²) >= 11 is 9.43. The summed E-state index contributed by atoms with van der Waals surface area (Å²) in [5, 5.41) is 5.64. The van der Waals surface area contributed by atoms with Crippen molar-refractivity contribution in [3.63, 3.8) is 0 Å². The first-order valence-corrected chi connectivity index (χ1v) is 9.69. The first-order chi connectivity index (χ1) is 11.6. The number of hydrogen-bond donors (Lipinski definition) is 1. The monoisotopic (exact) mass is 373 g/mol. The second-order valence-electron chi connectivity index (χ2n) is 5.28. The average Bonchev–Trinajstić information content (AvgIpc) is 3.10. The number of thiophene rings is 1. The third-order valence-corrected chi connectivity index (χ3v) is 5.95. The van der Waals surface area contributed by atoms with Gasteiger partial charge in [-0.1, -0.05) is 35.9 Å². The Morgan fingerprint density at radius 1 is 1.17 bits per heavy atom. The first-order valence-electron chi connectivity index (χ1n) is 7.45. The fourth-order valence-electron chi connectivity index (χ4n) is 2.24. The topological polar surface area (TPSA) is 29.1 Å². The molecule has 0 aliphatic heterocycles. The van der Waals surface area contributed by atoms with Gasteiger partial charge in [0.1, 0.15) is 0 Å². The van der Waals surface area contributed by atoms with Gasteiger partial charge in [0.2, 0.25) is 0 Å². The van der Waals surface area contributed by atoms with Crippen LogP contribution in [0.15, 0.2) is 64.9 Å². The Hall–Kier alpha value is -1.75. The van der Waals surface area contributed by atoms with Gasteiger partial charge >= 0.3 is 0 Å². The molecule has 0 spiro atoms. The second kappa shape index (κ2) is 7.88. The number of aryl methyl sites for hydroxylation is 1. The summed E-state index contributed by atoms with van der Waals surface area (Å²) in [5.74, 6) is 0.743. The van der Waals surface area contributed by atoms with Crippen LogP contribution < -0.4 is 5.32 Å². The lowest BCUT2D eigenvalue weighted by Gasteiger charge is -2.11. The van der Waals surface area contributed by atoms with Crippen molar-refractivity contribution < 1.29 is 4.79 Å². The number of carbonyl (C=O) groups is 1. The van der Waals surface area contributed by atoms with Crippen molar-refractivity contribution in [3.05, 3.63) is 81.0 Å². The zero-order valence-corrected chi connectivity index (χ0v) is 15.5. The molecule has 0 saturated heterocycles. The molecule has 0 aliphatic rings. The number of nitrogens with one attached hydrogen (secondary N) is 1. The minimum atomic E-state index is -0.116. The lowest BCUT2D eigenvalue weighted by atomic mass is 10.1. The van der Waals surface area contributed by atoms with Crippen LogP contribution in [0.25, 0.3) is 0 Å². The molecule has 1 aromatic heterocycles. The zero-order valence-electron chi connectivity index (χ0n) is 13.1. The molecule has 5 heteroatoms.